The third kappa shape index (κ3) is 17.5. The van der Waals surface area contributed by atoms with Gasteiger partial charge in [0.25, 0.3) is 5.91 Å². The Labute approximate surface area is 531 Å². The zero-order valence-corrected chi connectivity index (χ0v) is 52.1. The summed E-state index contributed by atoms with van der Waals surface area (Å²) in [6.45, 7) is 8.53. The Morgan fingerprint density at radius 2 is 1.71 bits per heavy atom. The number of benzene rings is 4. The Hall–Kier alpha value is -9.89. The molecule has 0 bridgehead atoms. The van der Waals surface area contributed by atoms with Gasteiger partial charge in [-0.1, -0.05) is 101 Å². The third-order valence-electron chi connectivity index (χ3n) is 15.3. The highest BCUT2D eigenvalue weighted by molar-refractivity contribution is 7.30. The van der Waals surface area contributed by atoms with Crippen molar-refractivity contribution in [3.63, 3.8) is 0 Å². The summed E-state index contributed by atoms with van der Waals surface area (Å²) in [5.41, 5.74) is 35.1. The molecule has 5 atom stereocenters. The molecule has 0 spiro atoms. The van der Waals surface area contributed by atoms with Gasteiger partial charge in [0.1, 0.15) is 64.1 Å². The summed E-state index contributed by atoms with van der Waals surface area (Å²) in [6.07, 6.45) is 10.9. The molecule has 3 aliphatic rings. The van der Waals surface area contributed by atoms with Crippen molar-refractivity contribution < 1.29 is 52.1 Å². The molecule has 1 fully saturated rings. The second-order valence-corrected chi connectivity index (χ2v) is 22.7. The lowest BCUT2D eigenvalue weighted by Crippen LogP contribution is -2.35. The molecule has 0 radical (unpaired) electrons. The van der Waals surface area contributed by atoms with Gasteiger partial charge in [-0.25, -0.2) is 9.97 Å². The minimum Gasteiger partial charge on any atom is -0.781 e. The van der Waals surface area contributed by atoms with Crippen LogP contribution in [-0.2, 0) is 56.0 Å². The lowest BCUT2D eigenvalue weighted by Gasteiger charge is -2.30. The number of nitrogens with one attached hydrogen (secondary N) is 3. The number of allylic oxidation sites excluding steroid dienone is 8. The van der Waals surface area contributed by atoms with Crippen LogP contribution in [0, 0.1) is 11.8 Å². The van der Waals surface area contributed by atoms with Gasteiger partial charge < -0.3 is 68.8 Å². The number of carbonyl (C=O) groups excluding carboxylic acids is 3. The van der Waals surface area contributed by atoms with E-state index >= 15 is 0 Å². The Kier molecular flexibility index (Phi) is 23.3. The van der Waals surface area contributed by atoms with Crippen LogP contribution in [0.4, 0.5) is 17.2 Å². The van der Waals surface area contributed by atoms with Crippen molar-refractivity contribution >= 4 is 59.9 Å². The van der Waals surface area contributed by atoms with Gasteiger partial charge in [-0.15, -0.1) is 0 Å². The number of hydrogen-bond acceptors (Lipinski definition) is 17. The van der Waals surface area contributed by atoms with Crippen molar-refractivity contribution in [1.29, 1.82) is 0 Å². The number of para-hydroxylation sites is 2. The van der Waals surface area contributed by atoms with Crippen LogP contribution >= 0.6 is 8.25 Å². The molecule has 92 heavy (non-hydrogen) atoms. The van der Waals surface area contributed by atoms with E-state index in [-0.39, 0.29) is 95.3 Å². The Bertz CT molecular complexity index is 3980. The van der Waals surface area contributed by atoms with Gasteiger partial charge in [-0.2, -0.15) is 4.58 Å². The monoisotopic (exact) mass is 1270 g/mol. The van der Waals surface area contributed by atoms with Crippen LogP contribution in [0.3, 0.4) is 0 Å². The van der Waals surface area contributed by atoms with Crippen LogP contribution in [0.15, 0.2) is 173 Å². The fourth-order valence-corrected chi connectivity index (χ4v) is 11.1. The van der Waals surface area contributed by atoms with Gasteiger partial charge in [-0.3, -0.25) is 14.4 Å². The molecule has 476 valence electrons. The number of nitrogens with zero attached hydrogens (tertiary/aromatic N) is 11. The van der Waals surface area contributed by atoms with E-state index in [1.165, 1.54) is 29.4 Å². The number of nitrogen functional groups attached to an aromatic ring is 1. The molecule has 4 aromatic carbocycles. The number of amides is 3. The molecular weight excluding hydrogens is 1200 g/mol. The highest BCUT2D eigenvalue weighted by atomic mass is 31.1. The van der Waals surface area contributed by atoms with Gasteiger partial charge in [0.15, 0.2) is 11.9 Å². The van der Waals surface area contributed by atoms with Crippen molar-refractivity contribution in [3.05, 3.63) is 212 Å². The predicted molar refractivity (Wildman–Crippen MR) is 344 cm³/mol. The SMILES string of the molecule is CC1=CC(=C/C=C/C2=[N+](c3ccccc3)c3ccccc3C2(C)C)C=C(C)N1Cc1ccc(CC(=O)NCCNC(=O)c2cccc(OCC(N=[N+]=[N-])OCCOCC(=O)NCC#Cc3cn(C4CC(OCN=[N+]=[N-])C(CO[PH](=O)[O-])O4)c4ncnc(N)c34)c2)cc1. The maximum absolute atomic E-state index is 13.1. The Morgan fingerprint density at radius 1 is 0.946 bits per heavy atom. The van der Waals surface area contributed by atoms with E-state index in [1.54, 1.807) is 29.0 Å². The van der Waals surface area contributed by atoms with E-state index in [2.05, 4.69) is 174 Å². The van der Waals surface area contributed by atoms with E-state index in [4.69, 9.17) is 45.0 Å². The number of azide groups is 2. The first-order valence-electron chi connectivity index (χ1n) is 29.5. The largest absolute Gasteiger partial charge is 0.781 e. The van der Waals surface area contributed by atoms with Crippen molar-refractivity contribution in [3.8, 4) is 17.6 Å². The van der Waals surface area contributed by atoms with Gasteiger partial charge in [0, 0.05) is 88.9 Å². The molecule has 27 heteroatoms. The summed E-state index contributed by atoms with van der Waals surface area (Å²) in [5.74, 6) is 5.24. The predicted octanol–water partition coefficient (Wildman–Crippen LogP) is 8.40. The highest BCUT2D eigenvalue weighted by Gasteiger charge is 2.45. The fraction of sp³-hybridized carbons (Fsp3) is 0.323. The number of anilines is 1. The molecule has 6 aromatic rings. The van der Waals surface area contributed by atoms with Crippen LogP contribution in [-0.4, -0.2) is 121 Å². The molecule has 9 rings (SSSR count). The van der Waals surface area contributed by atoms with Crippen molar-refractivity contribution in [2.24, 2.45) is 10.2 Å². The number of rotatable bonds is 29. The number of nitrogens with two attached hydrogens (primary N) is 1. The van der Waals surface area contributed by atoms with E-state index in [9.17, 15) is 23.8 Å². The fourth-order valence-electron chi connectivity index (χ4n) is 10.8. The summed E-state index contributed by atoms with van der Waals surface area (Å²) < 4.78 is 48.5. The first-order valence-corrected chi connectivity index (χ1v) is 30.7. The number of hydrogen-bond donors (Lipinski definition) is 4. The topological polar surface area (TPSA) is 343 Å². The first-order chi connectivity index (χ1) is 44.6. The lowest BCUT2D eigenvalue weighted by atomic mass is 9.81. The quantitative estimate of drug-likeness (QED) is 0.00651. The van der Waals surface area contributed by atoms with Gasteiger partial charge in [0.2, 0.25) is 23.2 Å². The second-order valence-electron chi connectivity index (χ2n) is 21.9. The molecule has 5 unspecified atom stereocenters. The average Bonchev–Trinajstić information content (AvgIpc) is 1.60. The van der Waals surface area contributed by atoms with Gasteiger partial charge >= 0.3 is 0 Å². The summed E-state index contributed by atoms with van der Waals surface area (Å²) >= 11 is 0. The van der Waals surface area contributed by atoms with Gasteiger partial charge in [0.05, 0.1) is 55.3 Å². The lowest BCUT2D eigenvalue weighted by molar-refractivity contribution is -0.189. The maximum atomic E-state index is 13.1. The Morgan fingerprint density at radius 3 is 2.48 bits per heavy atom. The molecule has 3 amide bonds. The maximum Gasteiger partial charge on any atom is 0.251 e. The third-order valence-corrected chi connectivity index (χ3v) is 15.7. The molecule has 5 heterocycles. The van der Waals surface area contributed by atoms with Crippen LogP contribution in [0.1, 0.15) is 73.0 Å². The zero-order valence-electron chi connectivity index (χ0n) is 51.1. The molecule has 5 N–H and O–H groups in total. The number of carbonyl (C=O) groups is 3. The van der Waals surface area contributed by atoms with Crippen LogP contribution in [0.2, 0.25) is 0 Å². The highest BCUT2D eigenvalue weighted by Crippen LogP contribution is 2.42. The normalized spacial score (nSPS) is 17.1. The molecule has 26 nitrogen and oxygen atoms in total. The number of ether oxygens (including phenoxy) is 5. The van der Waals surface area contributed by atoms with E-state index in [1.807, 2.05) is 30.3 Å². The second kappa shape index (κ2) is 32.2. The smallest absolute Gasteiger partial charge is 0.251 e. The van der Waals surface area contributed by atoms with Crippen molar-refractivity contribution in [2.45, 2.75) is 77.2 Å². The Balaban J connectivity index is 0.656. The minimum absolute atomic E-state index is 0.0395. The number of aromatic nitrogens is 3. The summed E-state index contributed by atoms with van der Waals surface area (Å²) in [5, 5.41) is 15.7. The molecular formula is C65H70N15O11P. The molecule has 2 aromatic heterocycles. The molecule has 3 aliphatic heterocycles. The minimum atomic E-state index is -3.51. The van der Waals surface area contributed by atoms with Crippen LogP contribution in [0.5, 0.6) is 5.75 Å². The summed E-state index contributed by atoms with van der Waals surface area (Å²) in [4.78, 5) is 65.9. The van der Waals surface area contributed by atoms with E-state index < -0.39 is 38.8 Å². The van der Waals surface area contributed by atoms with E-state index in [0.29, 0.717) is 34.5 Å². The standard InChI is InChI=1S/C65H70N15O11P/c1-43-31-47(13-10-21-56-65(3,4)52-19-8-9-20-53(52)80(56)50-16-6-5-7-17-50)32-44(2)78(43)36-46-24-22-45(23-25-46)33-57(81)70-27-28-71-64(83)48-14-11-18-51(34-48)88-40-59(75-77-68)87-30-29-86-39-58(82)69-26-12-15-49-37-79(63-61(49)62(66)72-41-73-63)60-35-54(89-42-74-76-67)55(91-60)38-90-92(84)85/h5-11,13-14,16-25,31-32,34,37,41,54-55,59-60,92H,26-30,33,35-36,38-40,42H2,1-4H3,(H5-,66,69,70,71,72,73,81,82,83,84,85). The first kappa shape index (κ1) is 66.5. The van der Waals surface area contributed by atoms with Crippen molar-refractivity contribution in [2.75, 3.05) is 65.1 Å². The van der Waals surface area contributed by atoms with Crippen LogP contribution in [0.25, 0.3) is 31.9 Å². The average molecular weight is 1270 g/mol. The van der Waals surface area contributed by atoms with Gasteiger partial charge in [-0.05, 0) is 85.8 Å². The van der Waals surface area contributed by atoms with Crippen molar-refractivity contribution in [1.82, 2.24) is 40.0 Å². The zero-order chi connectivity index (χ0) is 65.0. The number of fused-ring (bicyclic) bond motifs is 2. The van der Waals surface area contributed by atoms with Crippen LogP contribution < -0.4 is 35.9 Å². The molecule has 1 saturated heterocycles. The summed E-state index contributed by atoms with van der Waals surface area (Å²) in [6, 6.07) is 33.5. The summed E-state index contributed by atoms with van der Waals surface area (Å²) in [7, 11) is -3.51. The van der Waals surface area contributed by atoms with E-state index in [0.717, 1.165) is 33.8 Å². The molecule has 0 saturated carbocycles. The molecule has 0 aliphatic carbocycles.